The first-order valence-electron chi connectivity index (χ1n) is 10.0. The molecule has 6 nitrogen and oxygen atoms in total. The van der Waals surface area contributed by atoms with Crippen LogP contribution in [0.2, 0.25) is 0 Å². The zero-order chi connectivity index (χ0) is 19.8. The van der Waals surface area contributed by atoms with Crippen molar-refractivity contribution in [3.8, 4) is 11.5 Å². The summed E-state index contributed by atoms with van der Waals surface area (Å²) in [6.45, 7) is 4.56. The first kappa shape index (κ1) is 20.7. The lowest BCUT2D eigenvalue weighted by Gasteiger charge is -2.28. The predicted molar refractivity (Wildman–Crippen MR) is 109 cm³/mol. The lowest BCUT2D eigenvalue weighted by molar-refractivity contribution is 0.0608. The van der Waals surface area contributed by atoms with Gasteiger partial charge in [0.2, 0.25) is 0 Å². The molecule has 1 atom stereocenters. The maximum atomic E-state index is 10.4. The number of ether oxygens (including phenoxy) is 2. The highest BCUT2D eigenvalue weighted by atomic mass is 16.5. The molecule has 1 aromatic carbocycles. The molecule has 1 aromatic heterocycles. The Morgan fingerprint density at radius 3 is 2.68 bits per heavy atom. The summed E-state index contributed by atoms with van der Waals surface area (Å²) in [5, 5.41) is 10.4. The van der Waals surface area contributed by atoms with Gasteiger partial charge in [-0.25, -0.2) is 0 Å². The van der Waals surface area contributed by atoms with Crippen molar-refractivity contribution in [2.75, 3.05) is 40.4 Å². The van der Waals surface area contributed by atoms with Crippen LogP contribution in [0.25, 0.3) is 0 Å². The van der Waals surface area contributed by atoms with Gasteiger partial charge in [-0.1, -0.05) is 12.5 Å². The van der Waals surface area contributed by atoms with Gasteiger partial charge in [0, 0.05) is 13.1 Å². The third-order valence-electron chi connectivity index (χ3n) is 5.04. The standard InChI is InChI=1S/C22H32N2O4/c1-23(16-20-7-6-12-27-20)14-18-8-9-21(26-2)22(13-18)28-17-19(25)15-24-10-4-3-5-11-24/h6-9,12-13,19,25H,3-5,10-11,14-17H2,1-2H3/t19-/m1/s1. The molecule has 0 unspecified atom stereocenters. The van der Waals surface area contributed by atoms with E-state index in [2.05, 4.69) is 16.8 Å². The Labute approximate surface area is 167 Å². The van der Waals surface area contributed by atoms with E-state index in [0.717, 1.165) is 37.5 Å². The SMILES string of the molecule is COc1ccc(CN(C)Cc2ccco2)cc1OC[C@H](O)CN1CCCCC1. The first-order valence-corrected chi connectivity index (χ1v) is 10.0. The molecule has 154 valence electrons. The summed E-state index contributed by atoms with van der Waals surface area (Å²) in [6, 6.07) is 9.82. The van der Waals surface area contributed by atoms with Crippen LogP contribution in [-0.4, -0.2) is 61.4 Å². The fourth-order valence-corrected chi connectivity index (χ4v) is 3.65. The number of benzene rings is 1. The number of hydrogen-bond donors (Lipinski definition) is 1. The van der Waals surface area contributed by atoms with E-state index in [-0.39, 0.29) is 6.61 Å². The fraction of sp³-hybridized carbons (Fsp3) is 0.545. The van der Waals surface area contributed by atoms with Crippen LogP contribution in [0.1, 0.15) is 30.6 Å². The number of likely N-dealkylation sites (tertiary alicyclic amines) is 1. The van der Waals surface area contributed by atoms with Crippen LogP contribution in [0.4, 0.5) is 0 Å². The molecular formula is C22H32N2O4. The number of aliphatic hydroxyl groups is 1. The summed E-state index contributed by atoms with van der Waals surface area (Å²) in [5.74, 6) is 2.29. The van der Waals surface area contributed by atoms with Gasteiger partial charge in [-0.05, 0) is 62.8 Å². The van der Waals surface area contributed by atoms with E-state index >= 15 is 0 Å². The first-order chi connectivity index (χ1) is 13.6. The maximum absolute atomic E-state index is 10.4. The van der Waals surface area contributed by atoms with Gasteiger partial charge in [0.05, 0.1) is 19.9 Å². The molecule has 1 aliphatic rings. The average Bonchev–Trinajstić information content (AvgIpc) is 3.20. The van der Waals surface area contributed by atoms with Gasteiger partial charge >= 0.3 is 0 Å². The van der Waals surface area contributed by atoms with Crippen LogP contribution < -0.4 is 9.47 Å². The van der Waals surface area contributed by atoms with Crippen molar-refractivity contribution in [3.63, 3.8) is 0 Å². The molecule has 2 heterocycles. The van der Waals surface area contributed by atoms with Gasteiger partial charge in [0.15, 0.2) is 11.5 Å². The highest BCUT2D eigenvalue weighted by molar-refractivity contribution is 5.43. The molecule has 0 saturated carbocycles. The van der Waals surface area contributed by atoms with Crippen molar-refractivity contribution >= 4 is 0 Å². The second-order valence-electron chi connectivity index (χ2n) is 7.56. The number of methoxy groups -OCH3 is 1. The van der Waals surface area contributed by atoms with Crippen LogP contribution >= 0.6 is 0 Å². The molecule has 0 bridgehead atoms. The molecule has 1 aliphatic heterocycles. The Balaban J connectivity index is 1.54. The van der Waals surface area contributed by atoms with Crippen molar-refractivity contribution in [3.05, 3.63) is 47.9 Å². The minimum absolute atomic E-state index is 0.262. The minimum Gasteiger partial charge on any atom is -0.493 e. The van der Waals surface area contributed by atoms with Gasteiger partial charge in [-0.3, -0.25) is 4.90 Å². The zero-order valence-electron chi connectivity index (χ0n) is 17.0. The van der Waals surface area contributed by atoms with Gasteiger partial charge in [-0.15, -0.1) is 0 Å². The Morgan fingerprint density at radius 1 is 1.14 bits per heavy atom. The van der Waals surface area contributed by atoms with Gasteiger partial charge in [-0.2, -0.15) is 0 Å². The molecule has 3 rings (SSSR count). The van der Waals surface area contributed by atoms with Crippen molar-refractivity contribution < 1.29 is 19.0 Å². The zero-order valence-corrected chi connectivity index (χ0v) is 17.0. The van der Waals surface area contributed by atoms with Crippen LogP contribution in [0.3, 0.4) is 0 Å². The Hall–Kier alpha value is -2.02. The van der Waals surface area contributed by atoms with Crippen molar-refractivity contribution in [1.82, 2.24) is 9.80 Å². The lowest BCUT2D eigenvalue weighted by atomic mass is 10.1. The normalized spacial score (nSPS) is 16.3. The summed E-state index contributed by atoms with van der Waals surface area (Å²) < 4.78 is 16.8. The lowest BCUT2D eigenvalue weighted by Crippen LogP contribution is -2.38. The molecule has 1 saturated heterocycles. The Bertz CT molecular complexity index is 699. The number of nitrogens with zero attached hydrogens (tertiary/aromatic N) is 2. The topological polar surface area (TPSA) is 58.3 Å². The molecule has 0 spiro atoms. The van der Waals surface area contributed by atoms with E-state index in [1.54, 1.807) is 13.4 Å². The predicted octanol–water partition coefficient (Wildman–Crippen LogP) is 3.15. The number of aliphatic hydroxyl groups excluding tert-OH is 1. The van der Waals surface area contributed by atoms with Crippen LogP contribution in [0, 0.1) is 0 Å². The van der Waals surface area contributed by atoms with E-state index in [9.17, 15) is 5.11 Å². The fourth-order valence-electron chi connectivity index (χ4n) is 3.65. The number of β-amino-alcohol motifs (C(OH)–C–C–N with tert-alkyl or cyclic N) is 1. The molecule has 0 aliphatic carbocycles. The van der Waals surface area contributed by atoms with Crippen LogP contribution in [-0.2, 0) is 13.1 Å². The smallest absolute Gasteiger partial charge is 0.161 e. The largest absolute Gasteiger partial charge is 0.493 e. The molecule has 6 heteroatoms. The monoisotopic (exact) mass is 388 g/mol. The average molecular weight is 389 g/mol. The van der Waals surface area contributed by atoms with Crippen molar-refractivity contribution in [2.24, 2.45) is 0 Å². The Kier molecular flexibility index (Phi) is 7.77. The van der Waals surface area contributed by atoms with Crippen molar-refractivity contribution in [2.45, 2.75) is 38.5 Å². The third-order valence-corrected chi connectivity index (χ3v) is 5.04. The number of rotatable bonds is 10. The molecule has 0 amide bonds. The quantitative estimate of drug-likeness (QED) is 0.675. The summed E-state index contributed by atoms with van der Waals surface area (Å²) in [4.78, 5) is 4.49. The summed E-state index contributed by atoms with van der Waals surface area (Å²) in [5.41, 5.74) is 1.12. The van der Waals surface area contributed by atoms with Crippen molar-refractivity contribution in [1.29, 1.82) is 0 Å². The molecule has 1 fully saturated rings. The van der Waals surface area contributed by atoms with E-state index in [4.69, 9.17) is 13.9 Å². The molecule has 28 heavy (non-hydrogen) atoms. The molecular weight excluding hydrogens is 356 g/mol. The maximum Gasteiger partial charge on any atom is 0.161 e. The summed E-state index contributed by atoms with van der Waals surface area (Å²) in [6.07, 6.45) is 4.91. The molecule has 1 N–H and O–H groups in total. The highest BCUT2D eigenvalue weighted by Crippen LogP contribution is 2.29. The van der Waals surface area contributed by atoms with Gasteiger partial charge in [0.1, 0.15) is 18.5 Å². The van der Waals surface area contributed by atoms with E-state index in [0.29, 0.717) is 18.0 Å². The molecule has 2 aromatic rings. The van der Waals surface area contributed by atoms with E-state index < -0.39 is 6.10 Å². The van der Waals surface area contributed by atoms with E-state index in [1.807, 2.05) is 30.3 Å². The number of hydrogen-bond acceptors (Lipinski definition) is 6. The van der Waals surface area contributed by atoms with Gasteiger partial charge in [0.25, 0.3) is 0 Å². The second-order valence-corrected chi connectivity index (χ2v) is 7.56. The van der Waals surface area contributed by atoms with Gasteiger partial charge < -0.3 is 23.9 Å². The van der Waals surface area contributed by atoms with Crippen LogP contribution in [0.5, 0.6) is 11.5 Å². The minimum atomic E-state index is -0.506. The highest BCUT2D eigenvalue weighted by Gasteiger charge is 2.16. The second kappa shape index (κ2) is 10.5. The number of furan rings is 1. The molecule has 0 radical (unpaired) electrons. The van der Waals surface area contributed by atoms with E-state index in [1.165, 1.54) is 19.3 Å². The Morgan fingerprint density at radius 2 is 1.96 bits per heavy atom. The third kappa shape index (κ3) is 6.26. The summed E-state index contributed by atoms with van der Waals surface area (Å²) in [7, 11) is 3.69. The summed E-state index contributed by atoms with van der Waals surface area (Å²) >= 11 is 0. The number of piperidine rings is 1. The van der Waals surface area contributed by atoms with Crippen LogP contribution in [0.15, 0.2) is 41.0 Å².